The predicted octanol–water partition coefficient (Wildman–Crippen LogP) is 5.01. The first-order valence-corrected chi connectivity index (χ1v) is 17.6. The molecule has 0 spiro atoms. The van der Waals surface area contributed by atoms with Crippen molar-refractivity contribution >= 4 is 35.1 Å². The number of hydrogen-bond acceptors (Lipinski definition) is 5. The van der Waals surface area contributed by atoms with Gasteiger partial charge in [-0.25, -0.2) is 4.79 Å². The number of amides is 5. The van der Waals surface area contributed by atoms with Gasteiger partial charge in [0, 0.05) is 13.1 Å². The van der Waals surface area contributed by atoms with E-state index >= 15 is 0 Å². The Morgan fingerprint density at radius 1 is 1.04 bits per heavy atom. The first-order chi connectivity index (χ1) is 23.1. The number of nitrogens with zero attached hydrogens (tertiary/aromatic N) is 1. The molecule has 1 saturated heterocycles. The van der Waals surface area contributed by atoms with E-state index in [9.17, 15) is 24.0 Å². The number of rotatable bonds is 15. The molecular formula is C39H55N5O5. The molecule has 49 heavy (non-hydrogen) atoms. The van der Waals surface area contributed by atoms with Crippen molar-refractivity contribution in [2.45, 2.75) is 103 Å². The molecule has 1 aromatic rings. The van der Waals surface area contributed by atoms with Gasteiger partial charge >= 0.3 is 6.03 Å². The van der Waals surface area contributed by atoms with E-state index in [2.05, 4.69) is 54.9 Å². The fourth-order valence-corrected chi connectivity index (χ4v) is 7.77. The summed E-state index contributed by atoms with van der Waals surface area (Å²) in [6.07, 6.45) is 8.29. The average molecular weight is 674 g/mol. The second-order valence-corrected chi connectivity index (χ2v) is 15.1. The van der Waals surface area contributed by atoms with Gasteiger partial charge in [0.2, 0.25) is 17.6 Å². The summed E-state index contributed by atoms with van der Waals surface area (Å²) < 4.78 is 0. The number of urea groups is 1. The Kier molecular flexibility index (Phi) is 11.9. The number of carbonyl (C=O) groups excluding carboxylic acids is 5. The molecule has 3 fully saturated rings. The van der Waals surface area contributed by atoms with E-state index in [1.54, 1.807) is 11.0 Å². The fourth-order valence-electron chi connectivity index (χ4n) is 7.77. The molecule has 10 nitrogen and oxygen atoms in total. The highest BCUT2D eigenvalue weighted by Gasteiger charge is 2.69. The molecule has 3 aliphatic rings. The van der Waals surface area contributed by atoms with Crippen LogP contribution >= 0.6 is 0 Å². The van der Waals surface area contributed by atoms with Gasteiger partial charge in [-0.1, -0.05) is 75.6 Å². The van der Waals surface area contributed by atoms with Gasteiger partial charge in [0.15, 0.2) is 0 Å². The summed E-state index contributed by atoms with van der Waals surface area (Å²) in [7, 11) is 0. The molecule has 2 saturated carbocycles. The number of hydrogen-bond donors (Lipinski definition) is 4. The number of benzene rings is 1. The normalized spacial score (nSPS) is 22.5. The summed E-state index contributed by atoms with van der Waals surface area (Å²) in [5.41, 5.74) is 1.88. The second kappa shape index (κ2) is 15.6. The van der Waals surface area contributed by atoms with Gasteiger partial charge in [0.25, 0.3) is 5.91 Å². The van der Waals surface area contributed by atoms with E-state index in [4.69, 9.17) is 0 Å². The third-order valence-corrected chi connectivity index (χ3v) is 10.9. The largest absolute Gasteiger partial charge is 0.346 e. The van der Waals surface area contributed by atoms with Crippen LogP contribution in [0.5, 0.6) is 0 Å². The molecule has 0 bridgehead atoms. The minimum absolute atomic E-state index is 0.0778. The average Bonchev–Trinajstić information content (AvgIpc) is 3.38. The molecule has 10 heteroatoms. The zero-order valence-corrected chi connectivity index (χ0v) is 29.9. The lowest BCUT2D eigenvalue weighted by molar-refractivity contribution is -0.144. The van der Waals surface area contributed by atoms with Crippen LogP contribution < -0.4 is 21.3 Å². The Morgan fingerprint density at radius 3 is 2.37 bits per heavy atom. The molecule has 1 heterocycles. The summed E-state index contributed by atoms with van der Waals surface area (Å²) in [6, 6.07) is 4.68. The van der Waals surface area contributed by atoms with Crippen LogP contribution in [0.15, 0.2) is 56.2 Å². The van der Waals surface area contributed by atoms with Crippen molar-refractivity contribution in [2.75, 3.05) is 13.1 Å². The van der Waals surface area contributed by atoms with Gasteiger partial charge in [0.05, 0.1) is 11.6 Å². The van der Waals surface area contributed by atoms with Crippen LogP contribution in [0, 0.1) is 23.2 Å². The van der Waals surface area contributed by atoms with Crippen LogP contribution in [0.4, 0.5) is 4.79 Å². The van der Waals surface area contributed by atoms with Gasteiger partial charge < -0.3 is 26.2 Å². The molecule has 2 aliphatic carbocycles. The quantitative estimate of drug-likeness (QED) is 0.153. The summed E-state index contributed by atoms with van der Waals surface area (Å²) in [5, 5.41) is 11.4. The molecule has 5 atom stereocenters. The number of carbonyl (C=O) groups is 5. The molecule has 1 aliphatic heterocycles. The zero-order valence-electron chi connectivity index (χ0n) is 29.9. The van der Waals surface area contributed by atoms with E-state index in [0.717, 1.165) is 48.8 Å². The summed E-state index contributed by atoms with van der Waals surface area (Å²) in [4.78, 5) is 69.7. The molecular weight excluding hydrogens is 618 g/mol. The lowest BCUT2D eigenvalue weighted by atomic mass is 9.83. The zero-order chi connectivity index (χ0) is 36.1. The van der Waals surface area contributed by atoms with Gasteiger partial charge in [-0.3, -0.25) is 19.2 Å². The van der Waals surface area contributed by atoms with Crippen molar-refractivity contribution in [1.29, 1.82) is 0 Å². The van der Waals surface area contributed by atoms with Crippen molar-refractivity contribution in [3.8, 4) is 0 Å². The Bertz CT molecular complexity index is 1480. The van der Waals surface area contributed by atoms with Crippen LogP contribution in [0.2, 0.25) is 0 Å². The Morgan fingerprint density at radius 2 is 1.73 bits per heavy atom. The molecule has 0 aromatic heterocycles. The monoisotopic (exact) mass is 673 g/mol. The number of fused-ring (bicyclic) bond motifs is 1. The van der Waals surface area contributed by atoms with Gasteiger partial charge in [-0.15, -0.1) is 13.2 Å². The van der Waals surface area contributed by atoms with Crippen molar-refractivity contribution in [3.63, 3.8) is 0 Å². The van der Waals surface area contributed by atoms with Crippen molar-refractivity contribution in [2.24, 2.45) is 23.2 Å². The molecule has 1 aromatic carbocycles. The Labute approximate surface area is 291 Å². The van der Waals surface area contributed by atoms with Gasteiger partial charge in [0.1, 0.15) is 12.1 Å². The number of likely N-dealkylation sites (tertiary alicyclic amines) is 1. The van der Waals surface area contributed by atoms with Gasteiger partial charge in [-0.05, 0) is 86.8 Å². The van der Waals surface area contributed by atoms with Crippen molar-refractivity contribution in [3.05, 3.63) is 67.3 Å². The first-order valence-electron chi connectivity index (χ1n) is 17.6. The highest BCUT2D eigenvalue weighted by molar-refractivity contribution is 6.38. The molecule has 4 N–H and O–H groups in total. The highest BCUT2D eigenvalue weighted by Crippen LogP contribution is 2.65. The van der Waals surface area contributed by atoms with Gasteiger partial charge in [-0.2, -0.15) is 0 Å². The van der Waals surface area contributed by atoms with E-state index in [0.29, 0.717) is 13.0 Å². The molecule has 0 radical (unpaired) electrons. The molecule has 5 amide bonds. The number of allylic oxidation sites excluding steroid dienone is 2. The lowest BCUT2D eigenvalue weighted by Gasteiger charge is -2.38. The molecule has 0 unspecified atom stereocenters. The number of ketones is 1. The maximum absolute atomic E-state index is 14.6. The lowest BCUT2D eigenvalue weighted by Crippen LogP contribution is -2.61. The van der Waals surface area contributed by atoms with Crippen LogP contribution in [-0.2, 0) is 24.7 Å². The van der Waals surface area contributed by atoms with Crippen LogP contribution in [0.1, 0.15) is 90.7 Å². The van der Waals surface area contributed by atoms with Crippen LogP contribution in [-0.4, -0.2) is 65.7 Å². The standard InChI is InChI=1S/C39H55N5O5/c1-9-11-20-29(33(45)35(47)40-21-10-2)41-34(46)32-30-28(38(30,5)6)23-44(32)36(48)31(25-16-13-12-14-17-25)42-37(49)43-39(7,8)27-19-15-18-26(22-27)24(3)4/h9-10,15,18-19,22,25,28-32H,1-3,11-14,16-17,20-21,23H2,4-8H3,(H,40,47)(H,41,46)(H2,42,43,49)/t28-,29-,30-,31-,32-/m0/s1. The molecule has 266 valence electrons. The maximum Gasteiger partial charge on any atom is 0.316 e. The fraction of sp³-hybridized carbons (Fsp3) is 0.564. The predicted molar refractivity (Wildman–Crippen MR) is 192 cm³/mol. The number of nitrogens with one attached hydrogen (secondary N) is 4. The second-order valence-electron chi connectivity index (χ2n) is 15.1. The molecule has 4 rings (SSSR count). The van der Waals surface area contributed by atoms with Crippen LogP contribution in [0.25, 0.3) is 5.57 Å². The Hall–Kier alpha value is -4.21. The van der Waals surface area contributed by atoms with E-state index < -0.39 is 47.3 Å². The Balaban J connectivity index is 1.57. The number of piperidine rings is 1. The van der Waals surface area contributed by atoms with E-state index in [-0.39, 0.29) is 42.0 Å². The summed E-state index contributed by atoms with van der Waals surface area (Å²) in [6.45, 7) is 21.8. The minimum Gasteiger partial charge on any atom is -0.346 e. The maximum atomic E-state index is 14.6. The van der Waals surface area contributed by atoms with E-state index in [1.807, 2.05) is 45.0 Å². The topological polar surface area (TPSA) is 137 Å². The first kappa shape index (κ1) is 37.6. The summed E-state index contributed by atoms with van der Waals surface area (Å²) in [5.74, 6) is -2.39. The van der Waals surface area contributed by atoms with E-state index in [1.165, 1.54) is 6.08 Å². The SMILES string of the molecule is C=CCC[C@H](NC(=O)[C@@H]1[C@@H]2[C@H](CN1C(=O)[C@@H](NC(=O)NC(C)(C)c1cccc(C(=C)C)c1)C1CCCCC1)C2(C)C)C(=O)C(=O)NCC=C. The third kappa shape index (κ3) is 8.51. The van der Waals surface area contributed by atoms with Crippen molar-refractivity contribution in [1.82, 2.24) is 26.2 Å². The highest BCUT2D eigenvalue weighted by atomic mass is 16.2. The number of Topliss-reactive ketones (excluding diaryl/α,β-unsaturated/α-hetero) is 1. The minimum atomic E-state index is -1.07. The van der Waals surface area contributed by atoms with Crippen LogP contribution in [0.3, 0.4) is 0 Å². The van der Waals surface area contributed by atoms with Crippen molar-refractivity contribution < 1.29 is 24.0 Å². The summed E-state index contributed by atoms with van der Waals surface area (Å²) >= 11 is 0. The third-order valence-electron chi connectivity index (χ3n) is 10.9. The smallest absolute Gasteiger partial charge is 0.316 e.